The number of rotatable bonds is 3. The molecular formula is C10H9ClFNO3. The lowest BCUT2D eigenvalue weighted by Gasteiger charge is -2.06. The summed E-state index contributed by atoms with van der Waals surface area (Å²) in [6.07, 6.45) is 0.869. The molecule has 0 saturated carbocycles. The van der Waals surface area contributed by atoms with Crippen LogP contribution in [-0.2, 0) is 4.74 Å². The van der Waals surface area contributed by atoms with Gasteiger partial charge in [0, 0.05) is 5.56 Å². The minimum Gasteiger partial charge on any atom is -0.462 e. The topological polar surface area (TPSA) is 58.9 Å². The molecular weight excluding hydrogens is 237 g/mol. The molecule has 0 aliphatic heterocycles. The first-order chi connectivity index (χ1) is 7.61. The lowest BCUT2D eigenvalue weighted by molar-refractivity contribution is 0.0521. The van der Waals surface area contributed by atoms with Crippen LogP contribution in [0.3, 0.4) is 0 Å². The fourth-order valence-corrected chi connectivity index (χ4v) is 1.34. The van der Waals surface area contributed by atoms with E-state index in [9.17, 15) is 9.18 Å². The van der Waals surface area contributed by atoms with Crippen molar-refractivity contribution in [3.63, 3.8) is 0 Å². The quantitative estimate of drug-likeness (QED) is 0.385. The molecule has 86 valence electrons. The molecule has 1 N–H and O–H groups in total. The molecule has 0 heterocycles. The van der Waals surface area contributed by atoms with E-state index in [1.54, 1.807) is 6.92 Å². The number of halogens is 2. The molecule has 0 aromatic heterocycles. The maximum atomic E-state index is 13.7. The number of hydrogen-bond acceptors (Lipinski definition) is 4. The molecule has 0 atom stereocenters. The van der Waals surface area contributed by atoms with Crippen LogP contribution in [0.2, 0.25) is 5.02 Å². The second-order valence-corrected chi connectivity index (χ2v) is 3.20. The van der Waals surface area contributed by atoms with Crippen LogP contribution in [0.1, 0.15) is 22.8 Å². The Morgan fingerprint density at radius 3 is 2.94 bits per heavy atom. The van der Waals surface area contributed by atoms with Crippen molar-refractivity contribution in [2.24, 2.45) is 5.16 Å². The summed E-state index contributed by atoms with van der Waals surface area (Å²) in [5.41, 5.74) is -0.407. The van der Waals surface area contributed by atoms with Crippen molar-refractivity contribution >= 4 is 23.8 Å². The summed E-state index contributed by atoms with van der Waals surface area (Å²) in [6.45, 7) is 1.72. The van der Waals surface area contributed by atoms with Crippen molar-refractivity contribution < 1.29 is 19.1 Å². The van der Waals surface area contributed by atoms with Gasteiger partial charge < -0.3 is 9.94 Å². The van der Waals surface area contributed by atoms with Gasteiger partial charge in [0.25, 0.3) is 0 Å². The third kappa shape index (κ3) is 2.49. The molecule has 4 nitrogen and oxygen atoms in total. The number of benzene rings is 1. The number of carbonyl (C=O) groups is 1. The molecule has 1 aromatic carbocycles. The lowest BCUT2D eigenvalue weighted by atomic mass is 10.1. The Balaban J connectivity index is 3.25. The zero-order valence-corrected chi connectivity index (χ0v) is 9.16. The smallest absolute Gasteiger partial charge is 0.342 e. The predicted molar refractivity (Wildman–Crippen MR) is 56.7 cm³/mol. The van der Waals surface area contributed by atoms with E-state index in [1.807, 2.05) is 0 Å². The summed E-state index contributed by atoms with van der Waals surface area (Å²) in [6, 6.07) is 2.62. The second kappa shape index (κ2) is 5.46. The fourth-order valence-electron chi connectivity index (χ4n) is 1.12. The second-order valence-electron chi connectivity index (χ2n) is 2.79. The Bertz CT molecular complexity index is 434. The van der Waals surface area contributed by atoms with E-state index in [0.29, 0.717) is 0 Å². The van der Waals surface area contributed by atoms with Gasteiger partial charge in [0.05, 0.1) is 17.8 Å². The molecule has 1 aromatic rings. The average Bonchev–Trinajstić information content (AvgIpc) is 2.23. The van der Waals surface area contributed by atoms with Gasteiger partial charge in [0.15, 0.2) is 0 Å². The van der Waals surface area contributed by atoms with Gasteiger partial charge in [-0.05, 0) is 19.1 Å². The summed E-state index contributed by atoms with van der Waals surface area (Å²) in [5.74, 6) is -1.72. The first kappa shape index (κ1) is 12.4. The van der Waals surface area contributed by atoms with Gasteiger partial charge in [0.1, 0.15) is 11.4 Å². The number of carbonyl (C=O) groups excluding carboxylic acids is 1. The standard InChI is InChI=1S/C10H9ClFNO3/c1-2-16-10(14)8-7(11)4-3-6(5-13-15)9(8)12/h3-5,15H,2H2,1H3/b13-5-. The first-order valence-corrected chi connectivity index (χ1v) is 4.82. The molecule has 0 unspecified atom stereocenters. The molecule has 0 aliphatic rings. The SMILES string of the molecule is CCOC(=O)c1c(Cl)ccc(/C=N\O)c1F. The maximum Gasteiger partial charge on any atom is 0.342 e. The molecule has 0 saturated heterocycles. The highest BCUT2D eigenvalue weighted by atomic mass is 35.5. The van der Waals surface area contributed by atoms with E-state index in [2.05, 4.69) is 9.89 Å². The van der Waals surface area contributed by atoms with Crippen LogP contribution in [0.4, 0.5) is 4.39 Å². The highest BCUT2D eigenvalue weighted by Gasteiger charge is 2.19. The number of ether oxygens (including phenoxy) is 1. The minimum absolute atomic E-state index is 0.0463. The summed E-state index contributed by atoms with van der Waals surface area (Å²) < 4.78 is 18.4. The van der Waals surface area contributed by atoms with Gasteiger partial charge in [-0.3, -0.25) is 0 Å². The Morgan fingerprint density at radius 2 is 2.38 bits per heavy atom. The number of oxime groups is 1. The average molecular weight is 246 g/mol. The molecule has 0 fully saturated rings. The monoisotopic (exact) mass is 245 g/mol. The predicted octanol–water partition coefficient (Wildman–Crippen LogP) is 2.46. The maximum absolute atomic E-state index is 13.7. The summed E-state index contributed by atoms with van der Waals surface area (Å²) in [5, 5.41) is 10.9. The van der Waals surface area contributed by atoms with Gasteiger partial charge in [-0.2, -0.15) is 0 Å². The van der Waals surface area contributed by atoms with Gasteiger partial charge in [0.2, 0.25) is 0 Å². The molecule has 0 bridgehead atoms. The van der Waals surface area contributed by atoms with Crippen LogP contribution < -0.4 is 0 Å². The van der Waals surface area contributed by atoms with Crippen LogP contribution in [0, 0.1) is 5.82 Å². The van der Waals surface area contributed by atoms with Crippen LogP contribution in [-0.4, -0.2) is 24.0 Å². The minimum atomic E-state index is -0.872. The first-order valence-electron chi connectivity index (χ1n) is 4.44. The summed E-state index contributed by atoms with van der Waals surface area (Å²) in [7, 11) is 0. The van der Waals surface area contributed by atoms with Gasteiger partial charge >= 0.3 is 5.97 Å². The van der Waals surface area contributed by atoms with Crippen LogP contribution >= 0.6 is 11.6 Å². The van der Waals surface area contributed by atoms with Gasteiger partial charge in [-0.1, -0.05) is 16.8 Å². The van der Waals surface area contributed by atoms with Crippen molar-refractivity contribution in [3.05, 3.63) is 34.1 Å². The van der Waals surface area contributed by atoms with Gasteiger partial charge in [-0.15, -0.1) is 0 Å². The van der Waals surface area contributed by atoms with E-state index in [0.717, 1.165) is 6.21 Å². The normalized spacial score (nSPS) is 10.7. The van der Waals surface area contributed by atoms with E-state index in [-0.39, 0.29) is 22.8 Å². The van der Waals surface area contributed by atoms with E-state index < -0.39 is 11.8 Å². The molecule has 6 heteroatoms. The van der Waals surface area contributed by atoms with Crippen molar-refractivity contribution in [2.75, 3.05) is 6.61 Å². The summed E-state index contributed by atoms with van der Waals surface area (Å²) >= 11 is 5.68. The van der Waals surface area contributed by atoms with Crippen LogP contribution in [0.5, 0.6) is 0 Å². The van der Waals surface area contributed by atoms with E-state index >= 15 is 0 Å². The van der Waals surface area contributed by atoms with E-state index in [4.69, 9.17) is 16.8 Å². The van der Waals surface area contributed by atoms with Crippen LogP contribution in [0.25, 0.3) is 0 Å². The zero-order valence-electron chi connectivity index (χ0n) is 8.41. The third-order valence-corrected chi connectivity index (χ3v) is 2.11. The lowest BCUT2D eigenvalue weighted by Crippen LogP contribution is -2.09. The Labute approximate surface area is 96.3 Å². The Hall–Kier alpha value is -1.62. The third-order valence-electron chi connectivity index (χ3n) is 1.80. The van der Waals surface area contributed by atoms with E-state index in [1.165, 1.54) is 12.1 Å². The number of nitrogens with zero attached hydrogens (tertiary/aromatic N) is 1. The molecule has 0 spiro atoms. The van der Waals surface area contributed by atoms with Crippen molar-refractivity contribution in [2.45, 2.75) is 6.92 Å². The largest absolute Gasteiger partial charge is 0.462 e. The van der Waals surface area contributed by atoms with Gasteiger partial charge in [-0.25, -0.2) is 9.18 Å². The van der Waals surface area contributed by atoms with Crippen molar-refractivity contribution in [1.82, 2.24) is 0 Å². The summed E-state index contributed by atoms with van der Waals surface area (Å²) in [4.78, 5) is 11.4. The zero-order chi connectivity index (χ0) is 12.1. The molecule has 16 heavy (non-hydrogen) atoms. The van der Waals surface area contributed by atoms with Crippen LogP contribution in [0.15, 0.2) is 17.3 Å². The molecule has 0 radical (unpaired) electrons. The highest BCUT2D eigenvalue weighted by Crippen LogP contribution is 2.22. The number of hydrogen-bond donors (Lipinski definition) is 1. The Morgan fingerprint density at radius 1 is 1.69 bits per heavy atom. The fraction of sp³-hybridized carbons (Fsp3) is 0.200. The molecule has 0 amide bonds. The highest BCUT2D eigenvalue weighted by molar-refractivity contribution is 6.33. The molecule has 1 rings (SSSR count). The van der Waals surface area contributed by atoms with Crippen molar-refractivity contribution in [3.8, 4) is 0 Å². The number of esters is 1. The molecule has 0 aliphatic carbocycles. The Kier molecular flexibility index (Phi) is 4.25. The van der Waals surface area contributed by atoms with Crippen molar-refractivity contribution in [1.29, 1.82) is 0 Å².